The quantitative estimate of drug-likeness (QED) is 0.663. The van der Waals surface area contributed by atoms with Crippen LogP contribution in [-0.4, -0.2) is 46.6 Å². The number of phenolic OH excluding ortho intramolecular Hbond substituents is 1. The Labute approximate surface area is 152 Å². The Morgan fingerprint density at radius 3 is 2.77 bits per heavy atom. The summed E-state index contributed by atoms with van der Waals surface area (Å²) in [5.74, 6) is 0.436. The van der Waals surface area contributed by atoms with Crippen LogP contribution in [0.15, 0.2) is 54.7 Å². The van der Waals surface area contributed by atoms with Gasteiger partial charge in [0, 0.05) is 36.7 Å². The Morgan fingerprint density at radius 2 is 1.92 bits per heavy atom. The van der Waals surface area contributed by atoms with Crippen LogP contribution in [0, 0.1) is 0 Å². The summed E-state index contributed by atoms with van der Waals surface area (Å²) in [7, 11) is 0. The molecule has 0 aliphatic carbocycles. The van der Waals surface area contributed by atoms with Gasteiger partial charge in [-0.25, -0.2) is 0 Å². The molecule has 0 bridgehead atoms. The van der Waals surface area contributed by atoms with Gasteiger partial charge in [-0.2, -0.15) is 0 Å². The highest BCUT2D eigenvalue weighted by Crippen LogP contribution is 2.20. The van der Waals surface area contributed by atoms with E-state index in [1.54, 1.807) is 12.1 Å². The molecule has 0 radical (unpaired) electrons. The van der Waals surface area contributed by atoms with E-state index in [9.17, 15) is 9.90 Å². The van der Waals surface area contributed by atoms with Crippen LogP contribution in [0.25, 0.3) is 10.9 Å². The van der Waals surface area contributed by atoms with E-state index in [0.29, 0.717) is 13.0 Å². The molecule has 1 fully saturated rings. The molecule has 2 aromatic carbocycles. The first-order valence-corrected chi connectivity index (χ1v) is 9.06. The molecular formula is C21H23N3O2. The second kappa shape index (κ2) is 7.22. The minimum Gasteiger partial charge on any atom is -0.508 e. The molecule has 26 heavy (non-hydrogen) atoms. The van der Waals surface area contributed by atoms with Gasteiger partial charge in [-0.1, -0.05) is 30.3 Å². The largest absolute Gasteiger partial charge is 0.508 e. The lowest BCUT2D eigenvalue weighted by Gasteiger charge is -2.33. The number of H-pyrrole nitrogens is 1. The number of aromatic amines is 1. The van der Waals surface area contributed by atoms with Crippen molar-refractivity contribution in [2.24, 2.45) is 0 Å². The van der Waals surface area contributed by atoms with E-state index >= 15 is 0 Å². The van der Waals surface area contributed by atoms with Gasteiger partial charge < -0.3 is 20.3 Å². The molecule has 1 amide bonds. The van der Waals surface area contributed by atoms with Crippen molar-refractivity contribution in [3.63, 3.8) is 0 Å². The predicted octanol–water partition coefficient (Wildman–Crippen LogP) is 2.46. The highest BCUT2D eigenvalue weighted by atomic mass is 16.3. The van der Waals surface area contributed by atoms with Gasteiger partial charge in [-0.05, 0) is 42.2 Å². The minimum absolute atomic E-state index is 0.167. The molecule has 5 nitrogen and oxygen atoms in total. The number of rotatable bonds is 5. The Bertz CT molecular complexity index is 901. The van der Waals surface area contributed by atoms with Crippen LogP contribution >= 0.6 is 0 Å². The summed E-state index contributed by atoms with van der Waals surface area (Å²) in [6, 6.07) is 15.2. The van der Waals surface area contributed by atoms with Crippen molar-refractivity contribution < 1.29 is 9.90 Å². The molecule has 1 saturated heterocycles. The van der Waals surface area contributed by atoms with Gasteiger partial charge in [0.1, 0.15) is 5.75 Å². The number of amides is 1. The average molecular weight is 349 g/mol. The zero-order valence-electron chi connectivity index (χ0n) is 14.6. The third-order valence-corrected chi connectivity index (χ3v) is 5.09. The number of hydrogen-bond acceptors (Lipinski definition) is 3. The van der Waals surface area contributed by atoms with Crippen molar-refractivity contribution in [1.29, 1.82) is 0 Å². The molecule has 0 saturated carbocycles. The first kappa shape index (κ1) is 16.7. The highest BCUT2D eigenvalue weighted by molar-refractivity contribution is 5.86. The number of hydrogen-bond donors (Lipinski definition) is 3. The van der Waals surface area contributed by atoms with Gasteiger partial charge in [-0.3, -0.25) is 4.79 Å². The average Bonchev–Trinajstić information content (AvgIpc) is 3.07. The van der Waals surface area contributed by atoms with Gasteiger partial charge in [0.2, 0.25) is 5.91 Å². The summed E-state index contributed by atoms with van der Waals surface area (Å²) in [5, 5.41) is 13.9. The Hall–Kier alpha value is -2.79. The van der Waals surface area contributed by atoms with Crippen molar-refractivity contribution >= 4 is 16.8 Å². The molecule has 3 N–H and O–H groups in total. The fraction of sp³-hybridized carbons (Fsp3) is 0.286. The van der Waals surface area contributed by atoms with Gasteiger partial charge in [0.15, 0.2) is 0 Å². The first-order valence-electron chi connectivity index (χ1n) is 9.06. The number of piperazine rings is 1. The summed E-state index contributed by atoms with van der Waals surface area (Å²) < 4.78 is 0. The molecule has 5 heteroatoms. The van der Waals surface area contributed by atoms with Crippen molar-refractivity contribution in [1.82, 2.24) is 15.2 Å². The normalized spacial score (nSPS) is 17.8. The number of carbonyl (C=O) groups excluding carboxylic acids is 1. The van der Waals surface area contributed by atoms with Gasteiger partial charge in [0.05, 0.1) is 6.04 Å². The second-order valence-corrected chi connectivity index (χ2v) is 6.81. The van der Waals surface area contributed by atoms with Gasteiger partial charge >= 0.3 is 0 Å². The summed E-state index contributed by atoms with van der Waals surface area (Å²) in [5.41, 5.74) is 3.41. The number of carbonyl (C=O) groups is 1. The minimum atomic E-state index is -0.178. The molecule has 1 aliphatic heterocycles. The van der Waals surface area contributed by atoms with Gasteiger partial charge in [-0.15, -0.1) is 0 Å². The molecule has 0 unspecified atom stereocenters. The summed E-state index contributed by atoms with van der Waals surface area (Å²) >= 11 is 0. The summed E-state index contributed by atoms with van der Waals surface area (Å²) in [4.78, 5) is 18.1. The maximum atomic E-state index is 12.9. The Kier molecular flexibility index (Phi) is 4.63. The fourth-order valence-corrected chi connectivity index (χ4v) is 3.62. The monoisotopic (exact) mass is 349 g/mol. The van der Waals surface area contributed by atoms with Crippen molar-refractivity contribution in [2.45, 2.75) is 18.9 Å². The zero-order valence-corrected chi connectivity index (χ0v) is 14.6. The third-order valence-electron chi connectivity index (χ3n) is 5.09. The molecule has 2 heterocycles. The van der Waals surface area contributed by atoms with Crippen molar-refractivity contribution in [3.8, 4) is 5.75 Å². The van der Waals surface area contributed by atoms with E-state index in [2.05, 4.69) is 22.4 Å². The van der Waals surface area contributed by atoms with E-state index in [-0.39, 0.29) is 17.7 Å². The number of nitrogens with zero attached hydrogens (tertiary/aromatic N) is 1. The van der Waals surface area contributed by atoms with E-state index in [4.69, 9.17) is 0 Å². The lowest BCUT2D eigenvalue weighted by molar-refractivity contribution is -0.135. The summed E-state index contributed by atoms with van der Waals surface area (Å²) in [6.07, 6.45) is 3.50. The molecule has 0 spiro atoms. The first-order chi connectivity index (χ1) is 12.7. The molecule has 1 atom stereocenters. The number of fused-ring (bicyclic) bond motifs is 1. The van der Waals surface area contributed by atoms with E-state index in [1.807, 2.05) is 35.4 Å². The van der Waals surface area contributed by atoms with Crippen molar-refractivity contribution in [3.05, 3.63) is 65.9 Å². The van der Waals surface area contributed by atoms with E-state index in [0.717, 1.165) is 30.6 Å². The predicted molar refractivity (Wildman–Crippen MR) is 102 cm³/mol. The zero-order chi connectivity index (χ0) is 17.9. The fourth-order valence-electron chi connectivity index (χ4n) is 3.62. The summed E-state index contributed by atoms with van der Waals surface area (Å²) in [6.45, 7) is 2.26. The number of aromatic hydroxyl groups is 1. The molecule has 134 valence electrons. The number of nitrogens with one attached hydrogen (secondary N) is 2. The molecular weight excluding hydrogens is 326 g/mol. The van der Waals surface area contributed by atoms with Crippen LogP contribution in [0.3, 0.4) is 0 Å². The molecule has 1 aliphatic rings. The van der Waals surface area contributed by atoms with E-state index in [1.165, 1.54) is 10.9 Å². The molecule has 1 aromatic heterocycles. The second-order valence-electron chi connectivity index (χ2n) is 6.81. The van der Waals surface area contributed by atoms with Crippen LogP contribution in [0.2, 0.25) is 0 Å². The Balaban J connectivity index is 1.41. The van der Waals surface area contributed by atoms with Gasteiger partial charge in [0.25, 0.3) is 0 Å². The van der Waals surface area contributed by atoms with Crippen LogP contribution in [0.5, 0.6) is 5.75 Å². The number of para-hydroxylation sites is 1. The lowest BCUT2D eigenvalue weighted by Crippen LogP contribution is -2.56. The van der Waals surface area contributed by atoms with Crippen LogP contribution in [0.4, 0.5) is 0 Å². The molecule has 4 rings (SSSR count). The van der Waals surface area contributed by atoms with E-state index < -0.39 is 0 Å². The van der Waals surface area contributed by atoms with Crippen LogP contribution in [0.1, 0.15) is 11.1 Å². The van der Waals surface area contributed by atoms with Crippen molar-refractivity contribution in [2.75, 3.05) is 19.6 Å². The highest BCUT2D eigenvalue weighted by Gasteiger charge is 2.28. The molecule has 3 aromatic rings. The topological polar surface area (TPSA) is 68.4 Å². The standard InChI is InChI=1S/C21H23N3O2/c25-17-7-5-15(6-8-17)9-11-24-12-10-22-20(21(24)26)13-16-14-23-19-4-2-1-3-18(16)19/h1-8,14,20,22-23,25H,9-13H2/t20-/m0/s1. The maximum Gasteiger partial charge on any atom is 0.240 e. The number of phenols is 1. The van der Waals surface area contributed by atoms with Crippen LogP contribution in [-0.2, 0) is 17.6 Å². The SMILES string of the molecule is O=C1[C@H](Cc2c[nH]c3ccccc23)NCCN1CCc1ccc(O)cc1. The smallest absolute Gasteiger partial charge is 0.240 e. The maximum absolute atomic E-state index is 12.9. The number of aromatic nitrogens is 1. The van der Waals surface area contributed by atoms with Crippen LogP contribution < -0.4 is 5.32 Å². The third kappa shape index (κ3) is 3.44. The Morgan fingerprint density at radius 1 is 1.12 bits per heavy atom. The number of benzene rings is 2. The lowest BCUT2D eigenvalue weighted by atomic mass is 10.0.